The molecule has 0 bridgehead atoms. The van der Waals surface area contributed by atoms with Gasteiger partial charge in [-0.3, -0.25) is 20.2 Å². The van der Waals surface area contributed by atoms with E-state index in [1.807, 2.05) is 4.90 Å². The van der Waals surface area contributed by atoms with Crippen LogP contribution in [0.1, 0.15) is 25.3 Å². The van der Waals surface area contributed by atoms with E-state index in [1.165, 1.54) is 18.2 Å². The molecule has 1 aliphatic rings. The lowest BCUT2D eigenvalue weighted by molar-refractivity contribution is -0.384. The van der Waals surface area contributed by atoms with Gasteiger partial charge in [0, 0.05) is 50.7 Å². The summed E-state index contributed by atoms with van der Waals surface area (Å²) >= 11 is 0.948. The summed E-state index contributed by atoms with van der Waals surface area (Å²) in [7, 11) is 0. The first-order valence-corrected chi connectivity index (χ1v) is 11.7. The first-order valence-electron chi connectivity index (χ1n) is 10.9. The van der Waals surface area contributed by atoms with Crippen molar-refractivity contribution in [1.82, 2.24) is 9.97 Å². The van der Waals surface area contributed by atoms with Crippen LogP contribution in [0, 0.1) is 20.2 Å². The second-order valence-corrected chi connectivity index (χ2v) is 8.71. The Morgan fingerprint density at radius 1 is 1.20 bits per heavy atom. The van der Waals surface area contributed by atoms with Gasteiger partial charge in [0.1, 0.15) is 16.8 Å². The lowest BCUT2D eigenvalue weighted by atomic mass is 10.1. The van der Waals surface area contributed by atoms with Crippen LogP contribution in [0.25, 0.3) is 10.2 Å². The second kappa shape index (κ2) is 10.5. The van der Waals surface area contributed by atoms with Crippen LogP contribution in [0.2, 0.25) is 0 Å². The highest BCUT2D eigenvalue weighted by Crippen LogP contribution is 2.35. The molecule has 13 nitrogen and oxygen atoms in total. The quantitative estimate of drug-likeness (QED) is 0.266. The molecular formula is C21H22N6O7S. The van der Waals surface area contributed by atoms with Crippen LogP contribution < -0.4 is 10.2 Å². The maximum Gasteiger partial charge on any atom is 0.508 e. The molecular weight excluding hydrogens is 480 g/mol. The van der Waals surface area contributed by atoms with Crippen molar-refractivity contribution in [3.8, 4) is 0 Å². The highest BCUT2D eigenvalue weighted by molar-refractivity contribution is 7.21. The number of carbonyl (C=O) groups excluding carboxylic acids is 1. The number of nitrogens with one attached hydrogen (secondary N) is 1. The Balaban J connectivity index is 1.55. The Bertz CT molecular complexity index is 1260. The van der Waals surface area contributed by atoms with Crippen molar-refractivity contribution in [2.45, 2.75) is 32.4 Å². The third-order valence-electron chi connectivity index (χ3n) is 5.38. The van der Waals surface area contributed by atoms with E-state index in [0.717, 1.165) is 11.3 Å². The molecule has 1 aromatic carbocycles. The molecule has 4 rings (SSSR count). The van der Waals surface area contributed by atoms with Gasteiger partial charge in [-0.1, -0.05) is 12.1 Å². The minimum atomic E-state index is -0.692. The zero-order valence-corrected chi connectivity index (χ0v) is 19.5. The zero-order valence-electron chi connectivity index (χ0n) is 18.7. The van der Waals surface area contributed by atoms with Crippen LogP contribution in [0.5, 0.6) is 0 Å². The molecule has 35 heavy (non-hydrogen) atoms. The van der Waals surface area contributed by atoms with Crippen molar-refractivity contribution in [2.24, 2.45) is 0 Å². The van der Waals surface area contributed by atoms with E-state index in [9.17, 15) is 25.0 Å². The summed E-state index contributed by atoms with van der Waals surface area (Å²) in [5.74, 6) is 0.788. The van der Waals surface area contributed by atoms with Gasteiger partial charge in [0.25, 0.3) is 5.69 Å². The Hall–Kier alpha value is -4.07. The average molecular weight is 503 g/mol. The number of nitro benzene ring substituents is 1. The number of rotatable bonds is 8. The van der Waals surface area contributed by atoms with E-state index < -0.39 is 16.0 Å². The molecule has 0 radical (unpaired) electrons. The number of thiophene rings is 1. The molecule has 0 spiro atoms. The molecule has 1 saturated heterocycles. The van der Waals surface area contributed by atoms with Crippen molar-refractivity contribution < 1.29 is 24.1 Å². The van der Waals surface area contributed by atoms with Gasteiger partial charge in [0.15, 0.2) is 0 Å². The van der Waals surface area contributed by atoms with Gasteiger partial charge in [0.05, 0.1) is 21.8 Å². The molecule has 0 atom stereocenters. The lowest BCUT2D eigenvalue weighted by Gasteiger charge is -2.31. The fourth-order valence-corrected chi connectivity index (χ4v) is 4.53. The van der Waals surface area contributed by atoms with Crippen molar-refractivity contribution in [1.29, 1.82) is 0 Å². The number of piperidine rings is 1. The standard InChI is InChI=1S/C21H22N6O7S/c1-2-33-21(28)34-15-6-8-25(9-7-15)20-23-18(16-11-17(27(31)32)35-19(16)24-20)22-12-13-4-3-5-14(10-13)26(29)30/h3-5,10-11,15H,2,6-9,12H2,1H3,(H,22,23,24). The van der Waals surface area contributed by atoms with Gasteiger partial charge >= 0.3 is 11.2 Å². The molecule has 3 heterocycles. The van der Waals surface area contributed by atoms with Crippen molar-refractivity contribution >= 4 is 50.2 Å². The SMILES string of the molecule is CCOC(=O)OC1CCN(c2nc(NCc3cccc([N+](=O)[O-])c3)c3cc([N+](=O)[O-])sc3n2)CC1. The molecule has 0 amide bonds. The second-order valence-electron chi connectivity index (χ2n) is 7.70. The number of fused-ring (bicyclic) bond motifs is 1. The summed E-state index contributed by atoms with van der Waals surface area (Å²) in [6, 6.07) is 7.61. The largest absolute Gasteiger partial charge is 0.508 e. The molecule has 0 aliphatic carbocycles. The summed E-state index contributed by atoms with van der Waals surface area (Å²) in [4.78, 5) is 44.6. The fourth-order valence-electron chi connectivity index (χ4n) is 3.69. The van der Waals surface area contributed by atoms with Crippen LogP contribution >= 0.6 is 11.3 Å². The van der Waals surface area contributed by atoms with E-state index >= 15 is 0 Å². The number of benzene rings is 1. The summed E-state index contributed by atoms with van der Waals surface area (Å²) in [5.41, 5.74) is 0.631. The minimum Gasteiger partial charge on any atom is -0.435 e. The Labute approximate surface area is 203 Å². The maximum atomic E-state index is 11.6. The number of aromatic nitrogens is 2. The molecule has 2 aromatic heterocycles. The van der Waals surface area contributed by atoms with Crippen LogP contribution in [-0.2, 0) is 16.0 Å². The van der Waals surface area contributed by atoms with E-state index in [1.54, 1.807) is 19.1 Å². The number of hydrogen-bond acceptors (Lipinski definition) is 12. The Morgan fingerprint density at radius 3 is 2.66 bits per heavy atom. The van der Waals surface area contributed by atoms with E-state index in [0.29, 0.717) is 53.5 Å². The third kappa shape index (κ3) is 5.71. The summed E-state index contributed by atoms with van der Waals surface area (Å²) in [5, 5.41) is 26.0. The Morgan fingerprint density at radius 2 is 1.97 bits per heavy atom. The van der Waals surface area contributed by atoms with E-state index in [2.05, 4.69) is 15.3 Å². The van der Waals surface area contributed by atoms with Crippen LogP contribution in [0.15, 0.2) is 30.3 Å². The molecule has 14 heteroatoms. The normalized spacial score (nSPS) is 14.0. The summed E-state index contributed by atoms with van der Waals surface area (Å²) < 4.78 is 10.1. The molecule has 1 aliphatic heterocycles. The number of nitrogens with zero attached hydrogens (tertiary/aromatic N) is 5. The smallest absolute Gasteiger partial charge is 0.435 e. The topological polar surface area (TPSA) is 163 Å². The van der Waals surface area contributed by atoms with Crippen LogP contribution in [0.4, 0.5) is 27.2 Å². The number of anilines is 2. The van der Waals surface area contributed by atoms with Gasteiger partial charge in [-0.2, -0.15) is 4.98 Å². The molecule has 1 N–H and O–H groups in total. The van der Waals surface area contributed by atoms with Gasteiger partial charge in [-0.25, -0.2) is 9.78 Å². The lowest BCUT2D eigenvalue weighted by Crippen LogP contribution is -2.39. The van der Waals surface area contributed by atoms with Crippen LogP contribution in [0.3, 0.4) is 0 Å². The summed E-state index contributed by atoms with van der Waals surface area (Å²) in [6.45, 7) is 3.22. The molecule has 3 aromatic rings. The van der Waals surface area contributed by atoms with E-state index in [-0.39, 0.29) is 29.9 Å². The molecule has 1 fully saturated rings. The van der Waals surface area contributed by atoms with Crippen molar-refractivity contribution in [2.75, 3.05) is 29.9 Å². The van der Waals surface area contributed by atoms with Crippen LogP contribution in [-0.4, -0.2) is 51.8 Å². The number of non-ortho nitro benzene ring substituents is 1. The van der Waals surface area contributed by atoms with Gasteiger partial charge < -0.3 is 19.7 Å². The average Bonchev–Trinajstić information content (AvgIpc) is 3.28. The highest BCUT2D eigenvalue weighted by atomic mass is 32.1. The fraction of sp³-hybridized carbons (Fsp3) is 0.381. The summed E-state index contributed by atoms with van der Waals surface area (Å²) in [6.07, 6.45) is 0.146. The number of carbonyl (C=O) groups is 1. The zero-order chi connectivity index (χ0) is 24.9. The minimum absolute atomic E-state index is 0.0306. The molecule has 184 valence electrons. The van der Waals surface area contributed by atoms with Gasteiger partial charge in [-0.05, 0) is 23.8 Å². The monoisotopic (exact) mass is 502 g/mol. The maximum absolute atomic E-state index is 11.6. The molecule has 0 unspecified atom stereocenters. The van der Waals surface area contributed by atoms with Gasteiger partial charge in [-0.15, -0.1) is 0 Å². The Kier molecular flexibility index (Phi) is 7.19. The first-order chi connectivity index (χ1) is 16.8. The van der Waals surface area contributed by atoms with Gasteiger partial charge in [0.2, 0.25) is 5.95 Å². The first kappa shape index (κ1) is 24.1. The predicted octanol–water partition coefficient (Wildman–Crippen LogP) is 4.26. The van der Waals surface area contributed by atoms with Crippen molar-refractivity contribution in [3.05, 3.63) is 56.1 Å². The molecule has 0 saturated carbocycles. The number of ether oxygens (including phenoxy) is 2. The number of nitro groups is 2. The van der Waals surface area contributed by atoms with E-state index in [4.69, 9.17) is 9.47 Å². The third-order valence-corrected chi connectivity index (χ3v) is 6.36. The highest BCUT2D eigenvalue weighted by Gasteiger charge is 2.26. The predicted molar refractivity (Wildman–Crippen MR) is 128 cm³/mol. The van der Waals surface area contributed by atoms with Crippen molar-refractivity contribution in [3.63, 3.8) is 0 Å². The number of hydrogen-bond donors (Lipinski definition) is 1.